The van der Waals surface area contributed by atoms with Gasteiger partial charge in [-0.05, 0) is 43.3 Å². The minimum absolute atomic E-state index is 0.239. The van der Waals surface area contributed by atoms with E-state index >= 15 is 0 Å². The molecule has 0 aliphatic carbocycles. The number of nitrogens with zero attached hydrogens (tertiary/aromatic N) is 3. The zero-order valence-corrected chi connectivity index (χ0v) is 17.5. The summed E-state index contributed by atoms with van der Waals surface area (Å²) in [6, 6.07) is 20.4. The summed E-state index contributed by atoms with van der Waals surface area (Å²) in [5, 5.41) is 2.99. The highest BCUT2D eigenvalue weighted by molar-refractivity contribution is 5.92. The molecule has 0 aliphatic rings. The summed E-state index contributed by atoms with van der Waals surface area (Å²) in [5.41, 5.74) is 2.23. The van der Waals surface area contributed by atoms with Gasteiger partial charge in [0.1, 0.15) is 18.1 Å². The van der Waals surface area contributed by atoms with Crippen molar-refractivity contribution in [2.24, 2.45) is 0 Å². The fraction of sp³-hybridized carbons (Fsp3) is 0.208. The van der Waals surface area contributed by atoms with Crippen LogP contribution in [0.25, 0.3) is 11.0 Å². The molecule has 0 fully saturated rings. The van der Waals surface area contributed by atoms with E-state index < -0.39 is 0 Å². The molecule has 7 heteroatoms. The van der Waals surface area contributed by atoms with Gasteiger partial charge in [-0.3, -0.25) is 9.78 Å². The minimum Gasteiger partial charge on any atom is -0.493 e. The van der Waals surface area contributed by atoms with Crippen LogP contribution in [0.2, 0.25) is 0 Å². The number of fused-ring (bicyclic) bond motifs is 1. The molecule has 0 aliphatic heterocycles. The van der Waals surface area contributed by atoms with Gasteiger partial charge in [-0.15, -0.1) is 0 Å². The molecule has 0 saturated heterocycles. The largest absolute Gasteiger partial charge is 0.493 e. The molecule has 1 N–H and O–H groups in total. The van der Waals surface area contributed by atoms with Crippen LogP contribution in [0, 0.1) is 0 Å². The van der Waals surface area contributed by atoms with Crippen LogP contribution < -0.4 is 14.8 Å². The Labute approximate surface area is 180 Å². The lowest BCUT2D eigenvalue weighted by atomic mass is 10.2. The Morgan fingerprint density at radius 2 is 1.77 bits per heavy atom. The van der Waals surface area contributed by atoms with Crippen molar-refractivity contribution in [3.63, 3.8) is 0 Å². The van der Waals surface area contributed by atoms with Crippen molar-refractivity contribution in [2.45, 2.75) is 19.5 Å². The summed E-state index contributed by atoms with van der Waals surface area (Å²) in [7, 11) is 1.62. The van der Waals surface area contributed by atoms with E-state index in [4.69, 9.17) is 14.5 Å². The van der Waals surface area contributed by atoms with Crippen LogP contribution in [0.15, 0.2) is 72.9 Å². The molecule has 0 saturated carbocycles. The van der Waals surface area contributed by atoms with Gasteiger partial charge >= 0.3 is 0 Å². The molecule has 0 spiro atoms. The summed E-state index contributed by atoms with van der Waals surface area (Å²) in [6.45, 7) is 2.91. The minimum atomic E-state index is -0.312. The van der Waals surface area contributed by atoms with Crippen molar-refractivity contribution >= 4 is 16.9 Å². The predicted octanol–water partition coefficient (Wildman–Crippen LogP) is 4.01. The maximum absolute atomic E-state index is 12.6. The molecule has 4 aromatic rings. The molecule has 2 aromatic carbocycles. The number of nitrogens with one attached hydrogen (secondary N) is 1. The van der Waals surface area contributed by atoms with E-state index in [1.165, 1.54) is 0 Å². The Morgan fingerprint density at radius 3 is 2.55 bits per heavy atom. The van der Waals surface area contributed by atoms with Crippen LogP contribution in [0.3, 0.4) is 0 Å². The molecule has 2 aromatic heterocycles. The highest BCUT2D eigenvalue weighted by Gasteiger charge is 2.19. The summed E-state index contributed by atoms with van der Waals surface area (Å²) < 4.78 is 13.4. The molecule has 2 heterocycles. The number of methoxy groups -OCH3 is 1. The lowest BCUT2D eigenvalue weighted by Gasteiger charge is -2.17. The summed E-state index contributed by atoms with van der Waals surface area (Å²) in [5.74, 6) is 1.90. The lowest BCUT2D eigenvalue weighted by molar-refractivity contribution is 0.0932. The van der Waals surface area contributed by atoms with E-state index in [0.717, 1.165) is 16.9 Å². The zero-order chi connectivity index (χ0) is 21.6. The smallest absolute Gasteiger partial charge is 0.270 e. The first kappa shape index (κ1) is 20.4. The van der Waals surface area contributed by atoms with Gasteiger partial charge in [0.25, 0.3) is 5.91 Å². The fourth-order valence-electron chi connectivity index (χ4n) is 3.48. The van der Waals surface area contributed by atoms with Gasteiger partial charge < -0.3 is 19.4 Å². The van der Waals surface area contributed by atoms with Crippen LogP contribution in [0.4, 0.5) is 0 Å². The highest BCUT2D eigenvalue weighted by Crippen LogP contribution is 2.26. The van der Waals surface area contributed by atoms with Crippen molar-refractivity contribution in [3.8, 4) is 11.5 Å². The third kappa shape index (κ3) is 4.50. The predicted molar refractivity (Wildman–Crippen MR) is 118 cm³/mol. The molecule has 1 amide bonds. The molecule has 7 nitrogen and oxygen atoms in total. The number of hydrogen-bond acceptors (Lipinski definition) is 5. The number of aromatic nitrogens is 3. The Morgan fingerprint density at radius 1 is 1.03 bits per heavy atom. The first-order chi connectivity index (χ1) is 15.2. The van der Waals surface area contributed by atoms with Crippen molar-refractivity contribution in [2.75, 3.05) is 13.7 Å². The second-order valence-electron chi connectivity index (χ2n) is 7.02. The van der Waals surface area contributed by atoms with E-state index in [0.29, 0.717) is 30.3 Å². The number of hydrogen-bond donors (Lipinski definition) is 1. The number of amides is 1. The van der Waals surface area contributed by atoms with Gasteiger partial charge in [0.2, 0.25) is 0 Å². The van der Waals surface area contributed by atoms with E-state index in [1.807, 2.05) is 55.5 Å². The SMILES string of the molecule is COc1ccccc1OCCn1c(C(C)NC(=O)c2ccccn2)nc2ccccc21. The van der Waals surface area contributed by atoms with E-state index in [-0.39, 0.29) is 11.9 Å². The Bertz CT molecular complexity index is 1170. The fourth-order valence-corrected chi connectivity index (χ4v) is 3.48. The second-order valence-corrected chi connectivity index (χ2v) is 7.02. The summed E-state index contributed by atoms with van der Waals surface area (Å²) in [4.78, 5) is 21.5. The van der Waals surface area contributed by atoms with Gasteiger partial charge in [0.15, 0.2) is 11.5 Å². The molecule has 31 heavy (non-hydrogen) atoms. The van der Waals surface area contributed by atoms with Gasteiger partial charge in [0, 0.05) is 6.20 Å². The average molecular weight is 416 g/mol. The topological polar surface area (TPSA) is 78.3 Å². The number of pyridine rings is 1. The molecule has 158 valence electrons. The monoisotopic (exact) mass is 416 g/mol. The molecule has 1 unspecified atom stereocenters. The standard InChI is InChI=1S/C24H24N4O3/c1-17(26-24(29)19-10-7-8-14-25-19)23-27-18-9-3-4-11-20(18)28(23)15-16-31-22-13-6-5-12-21(22)30-2/h3-14,17H,15-16H2,1-2H3,(H,26,29). The molecular formula is C24H24N4O3. The van der Waals surface area contributed by atoms with Crippen LogP contribution >= 0.6 is 0 Å². The zero-order valence-electron chi connectivity index (χ0n) is 17.5. The molecule has 0 radical (unpaired) electrons. The van der Waals surface area contributed by atoms with Crippen LogP contribution in [0.1, 0.15) is 29.3 Å². The third-order valence-electron chi connectivity index (χ3n) is 4.96. The van der Waals surface area contributed by atoms with E-state index in [1.54, 1.807) is 31.5 Å². The second kappa shape index (κ2) is 9.30. The Hall–Kier alpha value is -3.87. The number of rotatable bonds is 8. The molecular weight excluding hydrogens is 392 g/mol. The Kier molecular flexibility index (Phi) is 6.12. The highest BCUT2D eigenvalue weighted by atomic mass is 16.5. The number of carbonyl (C=O) groups is 1. The van der Waals surface area contributed by atoms with Crippen LogP contribution in [-0.2, 0) is 6.54 Å². The maximum Gasteiger partial charge on any atom is 0.270 e. The van der Waals surface area contributed by atoms with Crippen molar-refractivity contribution in [1.29, 1.82) is 0 Å². The lowest BCUT2D eigenvalue weighted by Crippen LogP contribution is -2.29. The van der Waals surface area contributed by atoms with Crippen LogP contribution in [-0.4, -0.2) is 34.2 Å². The number of carbonyl (C=O) groups excluding carboxylic acids is 1. The summed E-state index contributed by atoms with van der Waals surface area (Å²) in [6.07, 6.45) is 1.60. The number of imidazole rings is 1. The van der Waals surface area contributed by atoms with Crippen molar-refractivity contribution in [1.82, 2.24) is 19.9 Å². The molecule has 0 bridgehead atoms. The Balaban J connectivity index is 1.55. The molecule has 4 rings (SSSR count). The van der Waals surface area contributed by atoms with Gasteiger partial charge in [0.05, 0.1) is 30.7 Å². The van der Waals surface area contributed by atoms with Crippen molar-refractivity contribution < 1.29 is 14.3 Å². The van der Waals surface area contributed by atoms with Crippen molar-refractivity contribution in [3.05, 3.63) is 84.4 Å². The summed E-state index contributed by atoms with van der Waals surface area (Å²) >= 11 is 0. The van der Waals surface area contributed by atoms with E-state index in [9.17, 15) is 4.79 Å². The first-order valence-electron chi connectivity index (χ1n) is 10.1. The number of benzene rings is 2. The van der Waals surface area contributed by atoms with Gasteiger partial charge in [-0.1, -0.05) is 30.3 Å². The average Bonchev–Trinajstić information content (AvgIpc) is 3.19. The third-order valence-corrected chi connectivity index (χ3v) is 4.96. The number of para-hydroxylation sites is 4. The maximum atomic E-state index is 12.6. The quantitative estimate of drug-likeness (QED) is 0.470. The van der Waals surface area contributed by atoms with E-state index in [2.05, 4.69) is 14.9 Å². The number of ether oxygens (including phenoxy) is 2. The first-order valence-corrected chi connectivity index (χ1v) is 10.1. The van der Waals surface area contributed by atoms with Crippen LogP contribution in [0.5, 0.6) is 11.5 Å². The normalized spacial score (nSPS) is 11.8. The van der Waals surface area contributed by atoms with Gasteiger partial charge in [-0.2, -0.15) is 0 Å². The molecule has 1 atom stereocenters. The van der Waals surface area contributed by atoms with Gasteiger partial charge in [-0.25, -0.2) is 4.98 Å².